The number of benzene rings is 11. The van der Waals surface area contributed by atoms with Crippen LogP contribution in [0.1, 0.15) is 55.2 Å². The van der Waals surface area contributed by atoms with Crippen LogP contribution in [0.3, 0.4) is 0 Å². The average molecular weight is 1000 g/mol. The zero-order valence-electron chi connectivity index (χ0n) is 43.7. The summed E-state index contributed by atoms with van der Waals surface area (Å²) >= 11 is 0. The van der Waals surface area contributed by atoms with Gasteiger partial charge in [0.15, 0.2) is 0 Å². The van der Waals surface area contributed by atoms with Gasteiger partial charge in [-0.05, 0) is 202 Å². The van der Waals surface area contributed by atoms with Crippen LogP contribution in [0, 0.1) is 17.8 Å². The highest BCUT2D eigenvalue weighted by Crippen LogP contribution is 2.71. The molecule has 4 bridgehead atoms. The number of hydrogen-bond donors (Lipinski definition) is 1. The van der Waals surface area contributed by atoms with Crippen LogP contribution in [-0.2, 0) is 10.8 Å². The fraction of sp³-hybridized carbons (Fsp3) is 0.147. The van der Waals surface area contributed by atoms with E-state index in [1.165, 1.54) is 122 Å². The molecule has 3 heteroatoms. The van der Waals surface area contributed by atoms with E-state index in [1.54, 1.807) is 16.7 Å². The van der Waals surface area contributed by atoms with Gasteiger partial charge in [0, 0.05) is 50.2 Å². The Morgan fingerprint density at radius 2 is 1.06 bits per heavy atom. The van der Waals surface area contributed by atoms with Gasteiger partial charge in [-0.1, -0.05) is 176 Å². The van der Waals surface area contributed by atoms with E-state index in [0.29, 0.717) is 17.8 Å². The van der Waals surface area contributed by atoms with Crippen molar-refractivity contribution in [2.75, 3.05) is 10.2 Å². The molecule has 374 valence electrons. The molecule has 1 heterocycles. The van der Waals surface area contributed by atoms with E-state index in [4.69, 9.17) is 0 Å². The molecule has 0 amide bonds. The number of rotatable bonds is 9. The number of fused-ring (bicyclic) bond motifs is 8. The maximum Gasteiger partial charge on any atom is 0.0543 e. The molecule has 0 saturated heterocycles. The van der Waals surface area contributed by atoms with Gasteiger partial charge in [0.25, 0.3) is 0 Å². The van der Waals surface area contributed by atoms with Gasteiger partial charge >= 0.3 is 0 Å². The lowest BCUT2D eigenvalue weighted by Crippen LogP contribution is -2.50. The van der Waals surface area contributed by atoms with E-state index in [-0.39, 0.29) is 10.8 Å². The van der Waals surface area contributed by atoms with Crippen LogP contribution in [0.5, 0.6) is 0 Å². The lowest BCUT2D eigenvalue weighted by Gasteiger charge is -2.55. The summed E-state index contributed by atoms with van der Waals surface area (Å²) in [5.74, 6) is 1.80. The number of nitrogens with one attached hydrogen (secondary N) is 1. The van der Waals surface area contributed by atoms with Gasteiger partial charge in [0.05, 0.1) is 16.7 Å². The van der Waals surface area contributed by atoms with E-state index >= 15 is 0 Å². The summed E-state index contributed by atoms with van der Waals surface area (Å²) in [7, 11) is 0. The van der Waals surface area contributed by atoms with E-state index in [0.717, 1.165) is 17.1 Å². The molecular weight excluding hydrogens is 943 g/mol. The van der Waals surface area contributed by atoms with Gasteiger partial charge in [-0.2, -0.15) is 0 Å². The van der Waals surface area contributed by atoms with E-state index < -0.39 is 0 Å². The molecule has 4 fully saturated rings. The van der Waals surface area contributed by atoms with Gasteiger partial charge in [0.2, 0.25) is 0 Å². The first-order valence-electron chi connectivity index (χ1n) is 28.3. The Morgan fingerprint density at radius 1 is 0.436 bits per heavy atom. The molecule has 1 aromatic heterocycles. The predicted molar refractivity (Wildman–Crippen MR) is 326 cm³/mol. The van der Waals surface area contributed by atoms with Crippen molar-refractivity contribution in [2.24, 2.45) is 17.8 Å². The third kappa shape index (κ3) is 7.03. The number of para-hydroxylation sites is 2. The summed E-state index contributed by atoms with van der Waals surface area (Å²) < 4.78 is 2.48. The molecule has 1 spiro atoms. The lowest BCUT2D eigenvalue weighted by molar-refractivity contribution is 0.0498. The topological polar surface area (TPSA) is 20.2 Å². The first-order valence-corrected chi connectivity index (χ1v) is 28.3. The summed E-state index contributed by atoms with van der Waals surface area (Å²) in [6.45, 7) is 0. The molecule has 11 aromatic carbocycles. The first kappa shape index (κ1) is 45.3. The van der Waals surface area contributed by atoms with Gasteiger partial charge in [-0.25, -0.2) is 0 Å². The summed E-state index contributed by atoms with van der Waals surface area (Å²) in [6, 6.07) is 97.9. The van der Waals surface area contributed by atoms with E-state index in [1.807, 2.05) is 0 Å². The molecule has 17 rings (SSSR count). The summed E-state index contributed by atoms with van der Waals surface area (Å²) in [6.07, 6.45) is 7.53. The smallest absolute Gasteiger partial charge is 0.0543 e. The predicted octanol–water partition coefficient (Wildman–Crippen LogP) is 19.9. The van der Waals surface area contributed by atoms with Gasteiger partial charge in [0.1, 0.15) is 0 Å². The minimum atomic E-state index is -0.0624. The molecule has 5 unspecified atom stereocenters. The molecular formula is C75H59N3. The van der Waals surface area contributed by atoms with Crippen molar-refractivity contribution in [3.05, 3.63) is 278 Å². The zero-order chi connectivity index (χ0) is 51.4. The maximum absolute atomic E-state index is 3.58. The quantitative estimate of drug-likeness (QED) is 0.155. The van der Waals surface area contributed by atoms with Crippen molar-refractivity contribution in [2.45, 2.75) is 49.4 Å². The monoisotopic (exact) mass is 1000 g/mol. The fourth-order valence-corrected chi connectivity index (χ4v) is 15.9. The lowest BCUT2D eigenvalue weighted by atomic mass is 9.48. The molecule has 78 heavy (non-hydrogen) atoms. The molecule has 1 N–H and O–H groups in total. The highest BCUT2D eigenvalue weighted by molar-refractivity contribution is 6.09. The first-order chi connectivity index (χ1) is 38.6. The molecule has 5 aliphatic carbocycles. The zero-order valence-corrected chi connectivity index (χ0v) is 43.7. The maximum atomic E-state index is 3.58. The van der Waals surface area contributed by atoms with Crippen LogP contribution >= 0.6 is 0 Å². The number of aromatic nitrogens is 1. The van der Waals surface area contributed by atoms with E-state index in [9.17, 15) is 0 Å². The second kappa shape index (κ2) is 17.8. The summed E-state index contributed by atoms with van der Waals surface area (Å²) in [5.41, 5.74) is 21.9. The Kier molecular flexibility index (Phi) is 10.4. The normalized spacial score (nSPS) is 20.7. The number of nitrogens with zero attached hydrogens (tertiary/aromatic N) is 2. The van der Waals surface area contributed by atoms with Crippen molar-refractivity contribution in [1.29, 1.82) is 0 Å². The fourth-order valence-electron chi connectivity index (χ4n) is 15.9. The highest BCUT2D eigenvalue weighted by Gasteiger charge is 2.63. The molecule has 12 aromatic rings. The molecule has 4 saturated carbocycles. The molecule has 5 aliphatic rings. The number of hydrogen-bond acceptors (Lipinski definition) is 2. The third-order valence-corrected chi connectivity index (χ3v) is 19.1. The van der Waals surface area contributed by atoms with Gasteiger partial charge in [-0.15, -0.1) is 0 Å². The average Bonchev–Trinajstić information content (AvgIpc) is 4.07. The largest absolute Gasteiger partial charge is 0.356 e. The minimum absolute atomic E-state index is 0.0624. The van der Waals surface area contributed by atoms with Crippen molar-refractivity contribution >= 4 is 61.0 Å². The third-order valence-electron chi connectivity index (χ3n) is 19.1. The SMILES string of the molecule is c1ccc(Nc2ccc(-n3c4ccccc4c4cc(C56CCC7CC(CC(C5)C75c7ccccc7-c7c(N(c8ccc(-c9ccc(-c%10ccccc%10)cc9)cc8)c8ccc9ccccc9c8)cccc75)C6)ccc43)cc2)cc1. The standard InChI is InChI=1S/C75H59N3/c1-3-14-51(15-4-1)53-26-28-54(29-27-53)55-30-36-62(37-31-55)77(64-38-32-52-16-7-8-17-56(52)46-64)72-25-13-23-69-73(72)66-21-9-11-22-68(66)75(69)58-42-43-74(48-50(44-58)45-59(75)49-74)57-33-41-71-67(47-57)65-20-10-12-24-70(65)78(71)63-39-34-61(35-40-63)76-60-18-5-2-6-19-60/h1-41,46-47,50,58-59,76H,42-45,48-49H2. The summed E-state index contributed by atoms with van der Waals surface area (Å²) in [4.78, 5) is 2.57. The Labute approximate surface area is 457 Å². The van der Waals surface area contributed by atoms with Crippen molar-refractivity contribution in [1.82, 2.24) is 4.57 Å². The molecule has 0 aliphatic heterocycles. The Balaban J connectivity index is 0.794. The Morgan fingerprint density at radius 3 is 1.87 bits per heavy atom. The van der Waals surface area contributed by atoms with Gasteiger partial charge in [-0.3, -0.25) is 0 Å². The second-order valence-electron chi connectivity index (χ2n) is 23.1. The van der Waals surface area contributed by atoms with Gasteiger partial charge < -0.3 is 14.8 Å². The van der Waals surface area contributed by atoms with Crippen LogP contribution < -0.4 is 10.2 Å². The van der Waals surface area contributed by atoms with Crippen LogP contribution in [0.2, 0.25) is 0 Å². The van der Waals surface area contributed by atoms with Crippen molar-refractivity contribution in [3.8, 4) is 39.1 Å². The van der Waals surface area contributed by atoms with E-state index in [2.05, 4.69) is 276 Å². The van der Waals surface area contributed by atoms with Crippen molar-refractivity contribution < 1.29 is 0 Å². The van der Waals surface area contributed by atoms with Crippen LogP contribution in [0.15, 0.2) is 261 Å². The summed E-state index contributed by atoms with van der Waals surface area (Å²) in [5, 5.41) is 8.77. The number of anilines is 5. The Hall–Kier alpha value is -8.92. The second-order valence-corrected chi connectivity index (χ2v) is 23.1. The van der Waals surface area contributed by atoms with Crippen LogP contribution in [0.25, 0.3) is 71.6 Å². The minimum Gasteiger partial charge on any atom is -0.356 e. The molecule has 0 radical (unpaired) electrons. The van der Waals surface area contributed by atoms with Crippen LogP contribution in [0.4, 0.5) is 28.4 Å². The Bertz CT molecular complexity index is 4250. The molecule has 5 atom stereocenters. The molecule has 3 nitrogen and oxygen atoms in total. The highest BCUT2D eigenvalue weighted by atomic mass is 15.1. The van der Waals surface area contributed by atoms with Crippen LogP contribution in [-0.4, -0.2) is 4.57 Å². The van der Waals surface area contributed by atoms with Crippen molar-refractivity contribution in [3.63, 3.8) is 0 Å².